The molecule has 2 aromatic rings. The van der Waals surface area contributed by atoms with Crippen LogP contribution in [0.15, 0.2) is 35.1 Å². The van der Waals surface area contributed by atoms with E-state index >= 15 is 0 Å². The number of aliphatic carboxylic acids is 1. The molecule has 1 aromatic carbocycles. The highest BCUT2D eigenvalue weighted by atomic mass is 79.9. The van der Waals surface area contributed by atoms with Crippen molar-refractivity contribution in [2.24, 2.45) is 0 Å². The summed E-state index contributed by atoms with van der Waals surface area (Å²) in [6, 6.07) is 5.74. The first-order valence-electron chi connectivity index (χ1n) is 5.70. The van der Waals surface area contributed by atoms with Crippen LogP contribution in [-0.4, -0.2) is 20.6 Å². The van der Waals surface area contributed by atoms with Crippen molar-refractivity contribution in [1.29, 1.82) is 0 Å². The van der Waals surface area contributed by atoms with Crippen LogP contribution in [0.3, 0.4) is 0 Å². The number of rotatable bonds is 3. The van der Waals surface area contributed by atoms with Crippen LogP contribution >= 0.6 is 15.9 Å². The highest BCUT2D eigenvalue weighted by Crippen LogP contribution is 2.23. The Balaban J connectivity index is 2.39. The summed E-state index contributed by atoms with van der Waals surface area (Å²) in [7, 11) is 0. The van der Waals surface area contributed by atoms with Crippen molar-refractivity contribution >= 4 is 28.0 Å². The molecular formula is C14H13BrN2O2. The molecule has 0 bridgehead atoms. The van der Waals surface area contributed by atoms with E-state index in [9.17, 15) is 4.79 Å². The largest absolute Gasteiger partial charge is 0.478 e. The fraction of sp³-hybridized carbons (Fsp3) is 0.143. The van der Waals surface area contributed by atoms with Crippen LogP contribution < -0.4 is 0 Å². The van der Waals surface area contributed by atoms with Crippen molar-refractivity contribution in [1.82, 2.24) is 9.55 Å². The molecule has 0 radical (unpaired) electrons. The molecule has 98 valence electrons. The highest BCUT2D eigenvalue weighted by Gasteiger charge is 2.06. The van der Waals surface area contributed by atoms with Crippen LogP contribution in [-0.2, 0) is 4.79 Å². The second-order valence-corrected chi connectivity index (χ2v) is 5.02. The number of hydrogen-bond donors (Lipinski definition) is 1. The molecule has 0 atom stereocenters. The molecule has 0 fully saturated rings. The van der Waals surface area contributed by atoms with E-state index in [1.54, 1.807) is 12.4 Å². The molecule has 0 unspecified atom stereocenters. The molecule has 5 heteroatoms. The summed E-state index contributed by atoms with van der Waals surface area (Å²) in [5, 5.41) is 8.62. The van der Waals surface area contributed by atoms with Crippen LogP contribution in [0, 0.1) is 13.8 Å². The molecule has 0 amide bonds. The molecule has 4 nitrogen and oxygen atoms in total. The predicted molar refractivity (Wildman–Crippen MR) is 77.4 cm³/mol. The molecule has 0 spiro atoms. The molecule has 0 aliphatic rings. The second-order valence-electron chi connectivity index (χ2n) is 4.16. The minimum absolute atomic E-state index is 0.820. The monoisotopic (exact) mass is 320 g/mol. The zero-order valence-corrected chi connectivity index (χ0v) is 12.2. The number of aromatic nitrogens is 2. The predicted octanol–water partition coefficient (Wildman–Crippen LogP) is 3.35. The lowest BCUT2D eigenvalue weighted by molar-refractivity contribution is -0.131. The van der Waals surface area contributed by atoms with Gasteiger partial charge in [-0.1, -0.05) is 22.0 Å². The first-order chi connectivity index (χ1) is 8.99. The first kappa shape index (κ1) is 13.5. The Bertz CT molecular complexity index is 659. The quantitative estimate of drug-likeness (QED) is 0.882. The number of nitrogens with zero attached hydrogens (tertiary/aromatic N) is 2. The van der Waals surface area contributed by atoms with E-state index in [1.807, 2.05) is 36.6 Å². The van der Waals surface area contributed by atoms with E-state index in [1.165, 1.54) is 0 Å². The van der Waals surface area contributed by atoms with E-state index in [-0.39, 0.29) is 0 Å². The number of halogens is 1. The third-order valence-electron chi connectivity index (χ3n) is 2.92. The topological polar surface area (TPSA) is 55.1 Å². The Labute approximate surface area is 119 Å². The number of benzene rings is 1. The normalized spacial score (nSPS) is 11.1. The molecular weight excluding hydrogens is 308 g/mol. The van der Waals surface area contributed by atoms with E-state index < -0.39 is 5.97 Å². The van der Waals surface area contributed by atoms with E-state index in [4.69, 9.17) is 5.11 Å². The van der Waals surface area contributed by atoms with Gasteiger partial charge < -0.3 is 9.67 Å². The SMILES string of the molecule is Cc1ncn(-c2ccc(/C=C/C(=O)O)c(Br)c2)c1C. The molecule has 0 saturated carbocycles. The average Bonchev–Trinajstić information content (AvgIpc) is 2.68. The van der Waals surface area contributed by atoms with Gasteiger partial charge in [0, 0.05) is 21.9 Å². The lowest BCUT2D eigenvalue weighted by atomic mass is 10.2. The third kappa shape index (κ3) is 2.93. The summed E-state index contributed by atoms with van der Waals surface area (Å²) in [4.78, 5) is 14.8. The van der Waals surface area contributed by atoms with Crippen molar-refractivity contribution in [2.75, 3.05) is 0 Å². The number of carboxylic acid groups (broad SMARTS) is 1. The van der Waals surface area contributed by atoms with Crippen LogP contribution in [0.2, 0.25) is 0 Å². The van der Waals surface area contributed by atoms with Gasteiger partial charge in [-0.25, -0.2) is 9.78 Å². The number of imidazole rings is 1. The van der Waals surface area contributed by atoms with Crippen molar-refractivity contribution in [3.8, 4) is 5.69 Å². The zero-order chi connectivity index (χ0) is 14.0. The van der Waals surface area contributed by atoms with Gasteiger partial charge in [-0.2, -0.15) is 0 Å². The lowest BCUT2D eigenvalue weighted by Crippen LogP contribution is -1.96. The molecule has 0 saturated heterocycles. The second kappa shape index (κ2) is 5.40. The number of carboxylic acids is 1. The number of carbonyl (C=O) groups is 1. The first-order valence-corrected chi connectivity index (χ1v) is 6.50. The van der Waals surface area contributed by atoms with Crippen LogP contribution in [0.1, 0.15) is 17.0 Å². The summed E-state index contributed by atoms with van der Waals surface area (Å²) in [5.41, 5.74) is 3.88. The molecule has 1 N–H and O–H groups in total. The molecule has 2 rings (SSSR count). The molecule has 0 aliphatic heterocycles. The fourth-order valence-electron chi connectivity index (χ4n) is 1.72. The summed E-state index contributed by atoms with van der Waals surface area (Å²) in [6.45, 7) is 3.97. The van der Waals surface area contributed by atoms with Gasteiger partial charge >= 0.3 is 5.97 Å². The van der Waals surface area contributed by atoms with Gasteiger partial charge in [-0.05, 0) is 37.6 Å². The van der Waals surface area contributed by atoms with Gasteiger partial charge in [-0.3, -0.25) is 0 Å². The summed E-state index contributed by atoms with van der Waals surface area (Å²) in [6.07, 6.45) is 4.45. The third-order valence-corrected chi connectivity index (χ3v) is 3.61. The maximum Gasteiger partial charge on any atom is 0.328 e. The minimum atomic E-state index is -0.961. The van der Waals surface area contributed by atoms with Gasteiger partial charge in [0.15, 0.2) is 0 Å². The Morgan fingerprint density at radius 3 is 2.68 bits per heavy atom. The average molecular weight is 321 g/mol. The summed E-state index contributed by atoms with van der Waals surface area (Å²) >= 11 is 3.45. The maximum atomic E-state index is 10.5. The summed E-state index contributed by atoms with van der Waals surface area (Å²) < 4.78 is 2.83. The van der Waals surface area contributed by atoms with Crippen LogP contribution in [0.25, 0.3) is 11.8 Å². The van der Waals surface area contributed by atoms with Gasteiger partial charge in [-0.15, -0.1) is 0 Å². The lowest BCUT2D eigenvalue weighted by Gasteiger charge is -2.07. The van der Waals surface area contributed by atoms with Crippen molar-refractivity contribution < 1.29 is 9.90 Å². The molecule has 1 aromatic heterocycles. The number of hydrogen-bond acceptors (Lipinski definition) is 2. The van der Waals surface area contributed by atoms with Crippen molar-refractivity contribution in [3.63, 3.8) is 0 Å². The van der Waals surface area contributed by atoms with Gasteiger partial charge in [0.05, 0.1) is 12.0 Å². The standard InChI is InChI=1S/C14H13BrN2O2/c1-9-10(2)17(8-16-9)12-5-3-11(13(15)7-12)4-6-14(18)19/h3-8H,1-2H3,(H,18,19)/b6-4+. The Kier molecular flexibility index (Phi) is 3.85. The molecule has 0 aliphatic carbocycles. The molecule has 1 heterocycles. The Hall–Kier alpha value is -1.88. The summed E-state index contributed by atoms with van der Waals surface area (Å²) in [5.74, 6) is -0.961. The maximum absolute atomic E-state index is 10.5. The van der Waals surface area contributed by atoms with E-state index in [0.29, 0.717) is 0 Å². The van der Waals surface area contributed by atoms with E-state index in [0.717, 1.165) is 33.2 Å². The van der Waals surface area contributed by atoms with Crippen molar-refractivity contribution in [2.45, 2.75) is 13.8 Å². The zero-order valence-electron chi connectivity index (χ0n) is 10.6. The van der Waals surface area contributed by atoms with Gasteiger partial charge in [0.25, 0.3) is 0 Å². The minimum Gasteiger partial charge on any atom is -0.478 e. The van der Waals surface area contributed by atoms with Crippen molar-refractivity contribution in [3.05, 3.63) is 52.0 Å². The Morgan fingerprint density at radius 1 is 1.42 bits per heavy atom. The highest BCUT2D eigenvalue weighted by molar-refractivity contribution is 9.10. The van der Waals surface area contributed by atoms with Gasteiger partial charge in [0.2, 0.25) is 0 Å². The number of aryl methyl sites for hydroxylation is 1. The smallest absolute Gasteiger partial charge is 0.328 e. The fourth-order valence-corrected chi connectivity index (χ4v) is 2.22. The van der Waals surface area contributed by atoms with Gasteiger partial charge in [0.1, 0.15) is 0 Å². The van der Waals surface area contributed by atoms with Crippen LogP contribution in [0.4, 0.5) is 0 Å². The molecule has 19 heavy (non-hydrogen) atoms. The van der Waals surface area contributed by atoms with Crippen LogP contribution in [0.5, 0.6) is 0 Å². The Morgan fingerprint density at radius 2 is 2.16 bits per heavy atom. The van der Waals surface area contributed by atoms with E-state index in [2.05, 4.69) is 20.9 Å².